The first-order chi connectivity index (χ1) is 11.7. The third-order valence-electron chi connectivity index (χ3n) is 3.57. The number of hydrogen-bond donors (Lipinski definition) is 0. The molecule has 0 aromatic heterocycles. The highest BCUT2D eigenvalue weighted by atomic mass is 15.1. The maximum absolute atomic E-state index is 3.69. The molecular weight excluding hydrogens is 292 g/mol. The number of likely N-dealkylation sites (N-methyl/N-ethyl adjacent to an activating group) is 2. The van der Waals surface area contributed by atoms with Crippen LogP contribution in [0.25, 0.3) is 0 Å². The summed E-state index contributed by atoms with van der Waals surface area (Å²) < 4.78 is 0. The summed E-state index contributed by atoms with van der Waals surface area (Å²) >= 11 is 0. The van der Waals surface area contributed by atoms with E-state index in [4.69, 9.17) is 0 Å². The standard InChI is InChI=1S/C22H20N2/c1-5-21-15-13-19(17-23(21)7-3)11-9-10-12-20-14-16-22(6-2)24(8-4)18-20/h13-18H,1-2,7-8H2,3-4H3. The molecular formula is C22H20N2. The van der Waals surface area contributed by atoms with Gasteiger partial charge in [0.15, 0.2) is 0 Å². The van der Waals surface area contributed by atoms with Crippen molar-refractivity contribution in [1.82, 2.24) is 9.80 Å². The summed E-state index contributed by atoms with van der Waals surface area (Å²) in [6, 6.07) is 0. The molecule has 0 bridgehead atoms. The monoisotopic (exact) mass is 312 g/mol. The number of nitrogens with zero attached hydrogens (tertiary/aromatic N) is 2. The smallest absolute Gasteiger partial charge is 0.0834 e. The fourth-order valence-electron chi connectivity index (χ4n) is 2.29. The molecule has 0 fully saturated rings. The van der Waals surface area contributed by atoms with Gasteiger partial charge in [0.1, 0.15) is 0 Å². The Bertz CT molecular complexity index is 782. The molecule has 0 aromatic carbocycles. The number of rotatable bonds is 2. The van der Waals surface area contributed by atoms with Crippen molar-refractivity contribution in [2.45, 2.75) is 13.8 Å². The number of allylic oxidation sites excluding steroid dienone is 6. The van der Waals surface area contributed by atoms with E-state index in [1.54, 1.807) is 0 Å². The molecule has 2 heteroatoms. The van der Waals surface area contributed by atoms with E-state index in [-0.39, 0.29) is 0 Å². The molecule has 2 aliphatic heterocycles. The van der Waals surface area contributed by atoms with Crippen LogP contribution in [0.15, 0.2) is 83.9 Å². The van der Waals surface area contributed by atoms with Gasteiger partial charge < -0.3 is 9.80 Å². The van der Waals surface area contributed by atoms with E-state index in [9.17, 15) is 0 Å². The van der Waals surface area contributed by atoms with Crippen molar-refractivity contribution in [1.29, 1.82) is 0 Å². The molecule has 0 radical (unpaired) electrons. The van der Waals surface area contributed by atoms with Crippen LogP contribution < -0.4 is 0 Å². The van der Waals surface area contributed by atoms with E-state index < -0.39 is 0 Å². The van der Waals surface area contributed by atoms with Gasteiger partial charge in [-0.2, -0.15) is 0 Å². The van der Waals surface area contributed by atoms with Crippen LogP contribution in [-0.2, 0) is 0 Å². The molecule has 0 spiro atoms. The van der Waals surface area contributed by atoms with Gasteiger partial charge >= 0.3 is 0 Å². The number of hydrogen-bond acceptors (Lipinski definition) is 2. The Morgan fingerprint density at radius 1 is 0.750 bits per heavy atom. The lowest BCUT2D eigenvalue weighted by molar-refractivity contribution is 0.502. The lowest BCUT2D eigenvalue weighted by Crippen LogP contribution is -2.17. The second-order valence-electron chi connectivity index (χ2n) is 5.03. The van der Waals surface area contributed by atoms with Gasteiger partial charge in [0.2, 0.25) is 0 Å². The fraction of sp³-hybridized carbons (Fsp3) is 0.182. The highest BCUT2D eigenvalue weighted by Crippen LogP contribution is 2.15. The molecule has 2 nitrogen and oxygen atoms in total. The van der Waals surface area contributed by atoms with E-state index >= 15 is 0 Å². The van der Waals surface area contributed by atoms with Gasteiger partial charge in [-0.3, -0.25) is 0 Å². The zero-order chi connectivity index (χ0) is 17.4. The van der Waals surface area contributed by atoms with Crippen LogP contribution in [0.5, 0.6) is 0 Å². The quantitative estimate of drug-likeness (QED) is 0.564. The van der Waals surface area contributed by atoms with Crippen LogP contribution in [0.1, 0.15) is 13.8 Å². The molecule has 0 N–H and O–H groups in total. The van der Waals surface area contributed by atoms with E-state index in [1.165, 1.54) is 0 Å². The van der Waals surface area contributed by atoms with Crippen LogP contribution >= 0.6 is 0 Å². The van der Waals surface area contributed by atoms with E-state index in [2.05, 4.69) is 71.9 Å². The van der Waals surface area contributed by atoms with Crippen molar-refractivity contribution in [2.24, 2.45) is 0 Å². The van der Waals surface area contributed by atoms with Crippen LogP contribution in [0, 0.1) is 23.7 Å². The minimum absolute atomic E-state index is 0.850. The first-order valence-corrected chi connectivity index (χ1v) is 7.87. The molecule has 0 amide bonds. The highest BCUT2D eigenvalue weighted by Gasteiger charge is 2.07. The Morgan fingerprint density at radius 2 is 1.17 bits per heavy atom. The summed E-state index contributed by atoms with van der Waals surface area (Å²) in [6.45, 7) is 13.2. The second kappa shape index (κ2) is 8.38. The minimum Gasteiger partial charge on any atom is -0.341 e. The second-order valence-corrected chi connectivity index (χ2v) is 5.03. The summed E-state index contributed by atoms with van der Waals surface area (Å²) in [6.07, 6.45) is 11.8. The van der Waals surface area contributed by atoms with Crippen LogP contribution in [0.3, 0.4) is 0 Å². The molecule has 118 valence electrons. The van der Waals surface area contributed by atoms with E-state index in [0.29, 0.717) is 0 Å². The summed E-state index contributed by atoms with van der Waals surface area (Å²) in [5, 5.41) is 0. The first-order valence-electron chi connectivity index (χ1n) is 7.87. The van der Waals surface area contributed by atoms with Gasteiger partial charge in [-0.15, -0.1) is 11.5 Å². The molecule has 0 saturated carbocycles. The van der Waals surface area contributed by atoms with Gasteiger partial charge in [0.25, 0.3) is 0 Å². The van der Waals surface area contributed by atoms with Crippen molar-refractivity contribution in [3.8, 4) is 23.7 Å². The molecule has 0 unspecified atom stereocenters. The normalized spacial score (nSPS) is 15.4. The molecule has 24 heavy (non-hydrogen) atoms. The molecule has 0 aromatic rings. The Morgan fingerprint density at radius 3 is 1.50 bits per heavy atom. The topological polar surface area (TPSA) is 6.48 Å². The van der Waals surface area contributed by atoms with Crippen LogP contribution in [0.2, 0.25) is 0 Å². The Balaban J connectivity index is 2.12. The third-order valence-corrected chi connectivity index (χ3v) is 3.57. The van der Waals surface area contributed by atoms with E-state index in [0.717, 1.165) is 35.6 Å². The molecule has 0 aliphatic carbocycles. The Kier molecular flexibility index (Phi) is 5.96. The Labute approximate surface area is 144 Å². The van der Waals surface area contributed by atoms with Gasteiger partial charge in [0.05, 0.1) is 11.4 Å². The van der Waals surface area contributed by atoms with Crippen molar-refractivity contribution in [2.75, 3.05) is 13.1 Å². The van der Waals surface area contributed by atoms with Gasteiger partial charge in [-0.25, -0.2) is 0 Å². The maximum Gasteiger partial charge on any atom is 0.0834 e. The Hall–Kier alpha value is -3.28. The molecule has 0 atom stereocenters. The minimum atomic E-state index is 0.850. The van der Waals surface area contributed by atoms with Gasteiger partial charge in [0, 0.05) is 36.6 Å². The maximum atomic E-state index is 3.69. The molecule has 2 aliphatic rings. The zero-order valence-electron chi connectivity index (χ0n) is 14.2. The largest absolute Gasteiger partial charge is 0.341 e. The fourth-order valence-corrected chi connectivity index (χ4v) is 2.29. The highest BCUT2D eigenvalue weighted by molar-refractivity contribution is 5.51. The first kappa shape index (κ1) is 17.1. The molecule has 0 saturated heterocycles. The molecule has 2 rings (SSSR count). The van der Waals surface area contributed by atoms with Crippen LogP contribution in [-0.4, -0.2) is 22.9 Å². The third kappa shape index (κ3) is 4.13. The van der Waals surface area contributed by atoms with Gasteiger partial charge in [-0.05, 0) is 50.0 Å². The SMILES string of the molecule is C=C=C1C=CC(C#CC#CC2=CN(CC)C(=C=C)C=C2)=CN1CC. The van der Waals surface area contributed by atoms with Crippen molar-refractivity contribution < 1.29 is 0 Å². The molecule has 2 heterocycles. The summed E-state index contributed by atoms with van der Waals surface area (Å²) in [5.74, 6) is 12.0. The predicted molar refractivity (Wildman–Crippen MR) is 100 cm³/mol. The van der Waals surface area contributed by atoms with Crippen molar-refractivity contribution >= 4 is 0 Å². The summed E-state index contributed by atoms with van der Waals surface area (Å²) in [7, 11) is 0. The van der Waals surface area contributed by atoms with Gasteiger partial charge in [-0.1, -0.05) is 25.0 Å². The zero-order valence-corrected chi connectivity index (χ0v) is 14.2. The van der Waals surface area contributed by atoms with Crippen molar-refractivity contribution in [3.05, 3.63) is 83.9 Å². The lowest BCUT2D eigenvalue weighted by Gasteiger charge is -2.21. The van der Waals surface area contributed by atoms with Crippen LogP contribution in [0.4, 0.5) is 0 Å². The lowest BCUT2D eigenvalue weighted by atomic mass is 10.1. The predicted octanol–water partition coefficient (Wildman–Crippen LogP) is 3.88. The van der Waals surface area contributed by atoms with Crippen molar-refractivity contribution in [3.63, 3.8) is 0 Å². The van der Waals surface area contributed by atoms with E-state index in [1.807, 2.05) is 36.7 Å². The average Bonchev–Trinajstić information content (AvgIpc) is 2.64. The summed E-state index contributed by atoms with van der Waals surface area (Å²) in [4.78, 5) is 4.11. The summed E-state index contributed by atoms with van der Waals surface area (Å²) in [5.41, 5.74) is 9.57. The average molecular weight is 312 g/mol.